The highest BCUT2D eigenvalue weighted by Crippen LogP contribution is 2.11. The first-order valence-electron chi connectivity index (χ1n) is 5.87. The van der Waals surface area contributed by atoms with Gasteiger partial charge >= 0.3 is 0 Å². The molecule has 0 bridgehead atoms. The van der Waals surface area contributed by atoms with Crippen molar-refractivity contribution in [3.05, 3.63) is 23.3 Å². The highest BCUT2D eigenvalue weighted by atomic mass is 14.0. The summed E-state index contributed by atoms with van der Waals surface area (Å²) < 4.78 is 0. The van der Waals surface area contributed by atoms with Crippen molar-refractivity contribution >= 4 is 0 Å². The van der Waals surface area contributed by atoms with E-state index in [9.17, 15) is 0 Å². The van der Waals surface area contributed by atoms with Crippen molar-refractivity contribution in [3.8, 4) is 0 Å². The smallest absolute Gasteiger partial charge is 0.0288 e. The molecule has 0 rings (SSSR count). The summed E-state index contributed by atoms with van der Waals surface area (Å²) in [5.41, 5.74) is 3.06. The summed E-state index contributed by atoms with van der Waals surface area (Å²) in [5.74, 6) is 0.790. The van der Waals surface area contributed by atoms with Crippen LogP contribution in [0.5, 0.6) is 0 Å². The van der Waals surface area contributed by atoms with E-state index in [-0.39, 0.29) is 0 Å². The number of hydrogen-bond donors (Lipinski definition) is 0. The van der Waals surface area contributed by atoms with Crippen molar-refractivity contribution in [2.45, 2.75) is 60.3 Å². The first-order chi connectivity index (χ1) is 6.56. The topological polar surface area (TPSA) is 0 Å². The second-order valence-corrected chi connectivity index (χ2v) is 4.62. The lowest BCUT2D eigenvalue weighted by Crippen LogP contribution is -1.84. The predicted octanol–water partition coefficient (Wildman–Crippen LogP) is 5.12. The molecule has 0 aromatic carbocycles. The van der Waals surface area contributed by atoms with Crippen molar-refractivity contribution in [1.82, 2.24) is 0 Å². The van der Waals surface area contributed by atoms with E-state index in [1.54, 1.807) is 5.57 Å². The quantitative estimate of drug-likeness (QED) is 0.515. The van der Waals surface area contributed by atoms with Crippen LogP contribution in [-0.2, 0) is 0 Å². The summed E-state index contributed by atoms with van der Waals surface area (Å²) in [6, 6.07) is 0. The molecule has 0 saturated carbocycles. The van der Waals surface area contributed by atoms with E-state index in [0.29, 0.717) is 0 Å². The highest BCUT2D eigenvalue weighted by Gasteiger charge is 1.92. The molecule has 0 aliphatic carbocycles. The van der Waals surface area contributed by atoms with E-state index < -0.39 is 0 Å². The Morgan fingerprint density at radius 1 is 1.07 bits per heavy atom. The van der Waals surface area contributed by atoms with E-state index >= 15 is 0 Å². The molecule has 0 fully saturated rings. The first kappa shape index (κ1) is 13.5. The number of allylic oxidation sites excluding steroid dienone is 4. The van der Waals surface area contributed by atoms with Gasteiger partial charge in [-0.3, -0.25) is 0 Å². The van der Waals surface area contributed by atoms with Gasteiger partial charge in [-0.25, -0.2) is 0 Å². The fraction of sp³-hybridized carbons (Fsp3) is 0.714. The third-order valence-electron chi connectivity index (χ3n) is 2.53. The molecule has 14 heavy (non-hydrogen) atoms. The molecular formula is C14H26. The molecule has 0 aromatic rings. The normalized spacial score (nSPS) is 13.9. The van der Waals surface area contributed by atoms with Crippen LogP contribution < -0.4 is 0 Å². The van der Waals surface area contributed by atoms with Gasteiger partial charge in [0.1, 0.15) is 0 Å². The van der Waals surface area contributed by atoms with E-state index in [0.717, 1.165) is 5.92 Å². The van der Waals surface area contributed by atoms with Crippen LogP contribution in [0, 0.1) is 5.92 Å². The summed E-state index contributed by atoms with van der Waals surface area (Å²) in [4.78, 5) is 0. The molecule has 0 radical (unpaired) electrons. The lowest BCUT2D eigenvalue weighted by Gasteiger charge is -2.02. The molecule has 0 N–H and O–H groups in total. The SMILES string of the molecule is CC/C(C)=C/CCC(C)=CCC(C)C. The van der Waals surface area contributed by atoms with Crippen molar-refractivity contribution in [1.29, 1.82) is 0 Å². The summed E-state index contributed by atoms with van der Waals surface area (Å²) in [6.07, 6.45) is 9.60. The van der Waals surface area contributed by atoms with Gasteiger partial charge in [-0.05, 0) is 45.4 Å². The van der Waals surface area contributed by atoms with Gasteiger partial charge in [0, 0.05) is 0 Å². The van der Waals surface area contributed by atoms with Gasteiger partial charge in [0.05, 0.1) is 0 Å². The van der Waals surface area contributed by atoms with Crippen LogP contribution in [0.3, 0.4) is 0 Å². The number of hydrogen-bond acceptors (Lipinski definition) is 0. The zero-order chi connectivity index (χ0) is 11.0. The fourth-order valence-electron chi connectivity index (χ4n) is 1.23. The average molecular weight is 194 g/mol. The van der Waals surface area contributed by atoms with E-state index in [2.05, 4.69) is 46.8 Å². The molecule has 0 nitrogen and oxygen atoms in total. The Morgan fingerprint density at radius 2 is 1.71 bits per heavy atom. The third kappa shape index (κ3) is 8.10. The van der Waals surface area contributed by atoms with Crippen LogP contribution in [0.25, 0.3) is 0 Å². The fourth-order valence-corrected chi connectivity index (χ4v) is 1.23. The van der Waals surface area contributed by atoms with Crippen molar-refractivity contribution in [2.75, 3.05) is 0 Å². The maximum Gasteiger partial charge on any atom is -0.0288 e. The lowest BCUT2D eigenvalue weighted by molar-refractivity contribution is 0.659. The Kier molecular flexibility index (Phi) is 7.55. The minimum atomic E-state index is 0.790. The molecule has 0 spiro atoms. The second-order valence-electron chi connectivity index (χ2n) is 4.62. The predicted molar refractivity (Wildman–Crippen MR) is 66.5 cm³/mol. The lowest BCUT2D eigenvalue weighted by atomic mass is 10.0. The Bertz CT molecular complexity index is 194. The molecule has 0 aliphatic rings. The highest BCUT2D eigenvalue weighted by molar-refractivity contribution is 5.03. The summed E-state index contributed by atoms with van der Waals surface area (Å²) in [7, 11) is 0. The maximum absolute atomic E-state index is 2.39. The molecular weight excluding hydrogens is 168 g/mol. The van der Waals surface area contributed by atoms with Crippen LogP contribution in [0.4, 0.5) is 0 Å². The Morgan fingerprint density at radius 3 is 2.21 bits per heavy atom. The van der Waals surface area contributed by atoms with Crippen LogP contribution in [0.2, 0.25) is 0 Å². The van der Waals surface area contributed by atoms with Gasteiger partial charge in [0.2, 0.25) is 0 Å². The van der Waals surface area contributed by atoms with Crippen molar-refractivity contribution in [2.24, 2.45) is 5.92 Å². The molecule has 0 saturated heterocycles. The molecule has 0 amide bonds. The maximum atomic E-state index is 2.39. The largest absolute Gasteiger partial charge is 0.0853 e. The van der Waals surface area contributed by atoms with Gasteiger partial charge in [-0.2, -0.15) is 0 Å². The molecule has 0 heterocycles. The summed E-state index contributed by atoms with van der Waals surface area (Å²) in [6.45, 7) is 11.2. The van der Waals surface area contributed by atoms with Gasteiger partial charge < -0.3 is 0 Å². The minimum absolute atomic E-state index is 0.790. The van der Waals surface area contributed by atoms with Crippen LogP contribution in [0.15, 0.2) is 23.3 Å². The third-order valence-corrected chi connectivity index (χ3v) is 2.53. The summed E-state index contributed by atoms with van der Waals surface area (Å²) in [5, 5.41) is 0. The molecule has 82 valence electrons. The van der Waals surface area contributed by atoms with Crippen molar-refractivity contribution < 1.29 is 0 Å². The molecule has 0 aliphatic heterocycles. The van der Waals surface area contributed by atoms with E-state index in [1.165, 1.54) is 31.3 Å². The second kappa shape index (κ2) is 7.84. The Hall–Kier alpha value is -0.520. The Balaban J connectivity index is 3.73. The monoisotopic (exact) mass is 194 g/mol. The van der Waals surface area contributed by atoms with E-state index in [1.807, 2.05) is 0 Å². The standard InChI is InChI=1S/C14H26/c1-6-13(4)8-7-9-14(5)11-10-12(2)3/h8,11-12H,6-7,9-10H2,1-5H3/b13-8+,14-11?. The summed E-state index contributed by atoms with van der Waals surface area (Å²) >= 11 is 0. The molecule has 0 aromatic heterocycles. The van der Waals surface area contributed by atoms with Crippen LogP contribution in [-0.4, -0.2) is 0 Å². The van der Waals surface area contributed by atoms with Gasteiger partial charge in [-0.1, -0.05) is 44.1 Å². The van der Waals surface area contributed by atoms with Crippen molar-refractivity contribution in [3.63, 3.8) is 0 Å². The van der Waals surface area contributed by atoms with Crippen LogP contribution in [0.1, 0.15) is 60.3 Å². The van der Waals surface area contributed by atoms with Gasteiger partial charge in [0.25, 0.3) is 0 Å². The zero-order valence-corrected chi connectivity index (χ0v) is 10.6. The van der Waals surface area contributed by atoms with Gasteiger partial charge in [-0.15, -0.1) is 0 Å². The van der Waals surface area contributed by atoms with Crippen LogP contribution >= 0.6 is 0 Å². The molecule has 0 heteroatoms. The minimum Gasteiger partial charge on any atom is -0.0853 e. The zero-order valence-electron chi connectivity index (χ0n) is 10.6. The molecule has 0 unspecified atom stereocenters. The molecule has 0 atom stereocenters. The number of rotatable bonds is 6. The first-order valence-corrected chi connectivity index (χ1v) is 5.87. The Labute approximate surface area is 90.1 Å². The van der Waals surface area contributed by atoms with Gasteiger partial charge in [0.15, 0.2) is 0 Å². The van der Waals surface area contributed by atoms with E-state index in [4.69, 9.17) is 0 Å². The average Bonchev–Trinajstić information content (AvgIpc) is 2.14.